The molecule has 1 amide bonds. The minimum absolute atomic E-state index is 0.226. The van der Waals surface area contributed by atoms with E-state index < -0.39 is 6.29 Å². The van der Waals surface area contributed by atoms with Crippen molar-refractivity contribution in [1.29, 1.82) is 0 Å². The van der Waals surface area contributed by atoms with E-state index in [4.69, 9.17) is 10.2 Å². The van der Waals surface area contributed by atoms with E-state index in [2.05, 4.69) is 12.2 Å². The van der Waals surface area contributed by atoms with Gasteiger partial charge in [0.25, 0.3) is 0 Å². The average Bonchev–Trinajstić information content (AvgIpc) is 2.61. The molecule has 4 nitrogen and oxygen atoms in total. The average molecular weight is 372 g/mol. The van der Waals surface area contributed by atoms with Crippen LogP contribution in [0.1, 0.15) is 122 Å². The summed E-state index contributed by atoms with van der Waals surface area (Å²) in [6, 6.07) is 0. The van der Waals surface area contributed by atoms with Gasteiger partial charge in [0.05, 0.1) is 0 Å². The normalized spacial score (nSPS) is 11.2. The molecule has 0 aromatic heterocycles. The summed E-state index contributed by atoms with van der Waals surface area (Å²) in [6.07, 6.45) is 19.8. The van der Waals surface area contributed by atoms with Crippen LogP contribution in [-0.2, 0) is 4.79 Å². The minimum Gasteiger partial charge on any atom is -0.368 e. The topological polar surface area (TPSA) is 69.6 Å². The van der Waals surface area contributed by atoms with Crippen LogP contribution in [0.25, 0.3) is 0 Å². The summed E-state index contributed by atoms with van der Waals surface area (Å²) in [4.78, 5) is 11.5. The van der Waals surface area contributed by atoms with Crippen molar-refractivity contribution in [3.63, 3.8) is 0 Å². The van der Waals surface area contributed by atoms with Gasteiger partial charge in [-0.05, 0) is 25.7 Å². The van der Waals surface area contributed by atoms with Crippen molar-refractivity contribution in [2.75, 3.05) is 6.54 Å². The number of aliphatic hydroxyl groups is 2. The summed E-state index contributed by atoms with van der Waals surface area (Å²) in [7, 11) is 0. The molecule has 3 N–H and O–H groups in total. The molecule has 0 aromatic rings. The zero-order valence-corrected chi connectivity index (χ0v) is 17.3. The predicted molar refractivity (Wildman–Crippen MR) is 110 cm³/mol. The Hall–Kier alpha value is -0.610. The number of carbonyl (C=O) groups is 1. The van der Waals surface area contributed by atoms with E-state index in [9.17, 15) is 4.79 Å². The largest absolute Gasteiger partial charge is 0.368 e. The van der Waals surface area contributed by atoms with Crippen LogP contribution >= 0.6 is 0 Å². The smallest absolute Gasteiger partial charge is 0.219 e. The maximum atomic E-state index is 11.5. The molecule has 0 aromatic carbocycles. The molecular formula is C22H45NO3. The van der Waals surface area contributed by atoms with E-state index in [-0.39, 0.29) is 5.91 Å². The number of amides is 1. The summed E-state index contributed by atoms with van der Waals surface area (Å²) in [5, 5.41) is 20.5. The summed E-state index contributed by atoms with van der Waals surface area (Å²) >= 11 is 0. The van der Waals surface area contributed by atoms with Gasteiger partial charge in [0.15, 0.2) is 6.29 Å². The third kappa shape index (κ3) is 21.4. The third-order valence-electron chi connectivity index (χ3n) is 4.97. The van der Waals surface area contributed by atoms with Crippen molar-refractivity contribution in [3.05, 3.63) is 0 Å². The van der Waals surface area contributed by atoms with Gasteiger partial charge < -0.3 is 15.5 Å². The monoisotopic (exact) mass is 371 g/mol. The number of carbonyl (C=O) groups excluding carboxylic acids is 1. The first-order valence-corrected chi connectivity index (χ1v) is 11.3. The van der Waals surface area contributed by atoms with Gasteiger partial charge in [-0.15, -0.1) is 0 Å². The van der Waals surface area contributed by atoms with Crippen LogP contribution in [0.4, 0.5) is 0 Å². The Labute approximate surface area is 162 Å². The Bertz CT molecular complexity index is 295. The minimum atomic E-state index is -1.12. The molecule has 0 radical (unpaired) electrons. The van der Waals surface area contributed by atoms with Gasteiger partial charge in [0.2, 0.25) is 5.91 Å². The molecule has 0 rings (SSSR count). The second kappa shape index (κ2) is 20.7. The van der Waals surface area contributed by atoms with Crippen molar-refractivity contribution in [3.8, 4) is 0 Å². The van der Waals surface area contributed by atoms with Crippen molar-refractivity contribution in [1.82, 2.24) is 5.32 Å². The van der Waals surface area contributed by atoms with Crippen LogP contribution in [0, 0.1) is 0 Å². The first kappa shape index (κ1) is 25.4. The van der Waals surface area contributed by atoms with Gasteiger partial charge >= 0.3 is 0 Å². The molecule has 26 heavy (non-hydrogen) atoms. The van der Waals surface area contributed by atoms with Crippen LogP contribution in [0.15, 0.2) is 0 Å². The molecule has 0 unspecified atom stereocenters. The van der Waals surface area contributed by atoms with Crippen LogP contribution < -0.4 is 5.32 Å². The molecular weight excluding hydrogens is 326 g/mol. The van der Waals surface area contributed by atoms with Crippen molar-refractivity contribution in [2.45, 2.75) is 129 Å². The number of aliphatic hydroxyl groups excluding tert-OH is 1. The Balaban J connectivity index is 3.08. The van der Waals surface area contributed by atoms with Gasteiger partial charge in [-0.3, -0.25) is 4.79 Å². The van der Waals surface area contributed by atoms with E-state index in [1.54, 1.807) is 0 Å². The quantitative estimate of drug-likeness (QED) is 0.197. The zero-order valence-electron chi connectivity index (χ0n) is 17.3. The van der Waals surface area contributed by atoms with Crippen LogP contribution in [0.2, 0.25) is 0 Å². The van der Waals surface area contributed by atoms with Crippen LogP contribution in [0.3, 0.4) is 0 Å². The number of rotatable bonds is 20. The highest BCUT2D eigenvalue weighted by Gasteiger charge is 2.00. The molecule has 0 heterocycles. The van der Waals surface area contributed by atoms with E-state index in [1.165, 1.54) is 70.6 Å². The van der Waals surface area contributed by atoms with E-state index in [0.717, 1.165) is 38.6 Å². The zero-order chi connectivity index (χ0) is 19.3. The molecule has 4 heteroatoms. The molecule has 0 saturated heterocycles. The predicted octanol–water partition coefficient (Wildman–Crippen LogP) is 5.46. The Morgan fingerprint density at radius 1 is 0.692 bits per heavy atom. The van der Waals surface area contributed by atoms with Gasteiger partial charge in [-0.1, -0.05) is 90.4 Å². The van der Waals surface area contributed by atoms with Crippen LogP contribution in [-0.4, -0.2) is 29.0 Å². The summed E-state index contributed by atoms with van der Waals surface area (Å²) in [5.74, 6) is 0.226. The Morgan fingerprint density at radius 3 is 1.54 bits per heavy atom. The first-order valence-electron chi connectivity index (χ1n) is 11.3. The highest BCUT2D eigenvalue weighted by molar-refractivity contribution is 5.75. The lowest BCUT2D eigenvalue weighted by atomic mass is 10.0. The second-order valence-corrected chi connectivity index (χ2v) is 7.67. The number of hydrogen-bond donors (Lipinski definition) is 3. The lowest BCUT2D eigenvalue weighted by molar-refractivity contribution is -0.121. The highest BCUT2D eigenvalue weighted by Crippen LogP contribution is 2.13. The molecule has 0 aliphatic carbocycles. The fraction of sp³-hybridized carbons (Fsp3) is 0.955. The summed E-state index contributed by atoms with van der Waals surface area (Å²) < 4.78 is 0. The van der Waals surface area contributed by atoms with Crippen molar-refractivity contribution in [2.24, 2.45) is 0 Å². The van der Waals surface area contributed by atoms with Gasteiger partial charge in [0, 0.05) is 13.0 Å². The second-order valence-electron chi connectivity index (χ2n) is 7.67. The maximum absolute atomic E-state index is 11.5. The molecule has 0 fully saturated rings. The van der Waals surface area contributed by atoms with Gasteiger partial charge in [0.1, 0.15) is 0 Å². The Kier molecular flexibility index (Phi) is 20.2. The summed E-state index contributed by atoms with van der Waals surface area (Å²) in [5.41, 5.74) is 0. The standard InChI is InChI=1S/C22H45NO3/c1-2-3-20-23-21(24)18-16-14-12-10-8-6-4-5-7-9-11-13-15-17-19-22(25)26/h22,25-26H,2-20H2,1H3,(H,23,24). The fourth-order valence-electron chi connectivity index (χ4n) is 3.23. The highest BCUT2D eigenvalue weighted by atomic mass is 16.5. The first-order chi connectivity index (χ1) is 12.7. The molecule has 0 aliphatic rings. The van der Waals surface area contributed by atoms with Gasteiger partial charge in [-0.25, -0.2) is 0 Å². The number of unbranched alkanes of at least 4 members (excludes halogenated alkanes) is 14. The lowest BCUT2D eigenvalue weighted by Gasteiger charge is -2.05. The third-order valence-corrected chi connectivity index (χ3v) is 4.97. The Morgan fingerprint density at radius 2 is 1.12 bits per heavy atom. The number of hydrogen-bond acceptors (Lipinski definition) is 3. The van der Waals surface area contributed by atoms with Crippen LogP contribution in [0.5, 0.6) is 0 Å². The van der Waals surface area contributed by atoms with Crippen molar-refractivity contribution < 1.29 is 15.0 Å². The van der Waals surface area contributed by atoms with E-state index in [1.807, 2.05) is 0 Å². The fourth-order valence-corrected chi connectivity index (χ4v) is 3.23. The molecule has 156 valence electrons. The van der Waals surface area contributed by atoms with E-state index >= 15 is 0 Å². The number of nitrogens with one attached hydrogen (secondary N) is 1. The van der Waals surface area contributed by atoms with Crippen molar-refractivity contribution >= 4 is 5.91 Å². The molecule has 0 aliphatic heterocycles. The maximum Gasteiger partial charge on any atom is 0.219 e. The lowest BCUT2D eigenvalue weighted by Crippen LogP contribution is -2.23. The molecule has 0 atom stereocenters. The van der Waals surface area contributed by atoms with Gasteiger partial charge in [-0.2, -0.15) is 0 Å². The SMILES string of the molecule is CCCCNC(=O)CCCCCCCCCCCCCCCCC(O)O. The molecule has 0 bridgehead atoms. The molecule has 0 saturated carbocycles. The summed E-state index contributed by atoms with van der Waals surface area (Å²) in [6.45, 7) is 2.98. The van der Waals surface area contributed by atoms with E-state index in [0.29, 0.717) is 12.8 Å². The molecule has 0 spiro atoms.